The number of fused-ring (bicyclic) bond motifs is 2. The van der Waals surface area contributed by atoms with Crippen LogP contribution in [0.2, 0.25) is 0 Å². The lowest BCUT2D eigenvalue weighted by molar-refractivity contribution is -0.127. The van der Waals surface area contributed by atoms with Crippen molar-refractivity contribution in [3.63, 3.8) is 0 Å². The van der Waals surface area contributed by atoms with E-state index in [1.54, 1.807) is 24.2 Å². The molecule has 8 aromatic rings. The number of benzene rings is 2. The normalized spacial score (nSPS) is 13.8. The van der Waals surface area contributed by atoms with Gasteiger partial charge in [0.25, 0.3) is 23.4 Å². The minimum atomic E-state index is -0.782. The van der Waals surface area contributed by atoms with Crippen molar-refractivity contribution >= 4 is 80.4 Å². The summed E-state index contributed by atoms with van der Waals surface area (Å²) in [5.41, 5.74) is 17.1. The van der Waals surface area contributed by atoms with E-state index in [2.05, 4.69) is 65.4 Å². The molecule has 0 atom stereocenters. The van der Waals surface area contributed by atoms with Gasteiger partial charge in [-0.25, -0.2) is 24.3 Å². The van der Waals surface area contributed by atoms with Gasteiger partial charge in [0.05, 0.1) is 82.0 Å². The first-order chi connectivity index (χ1) is 37.6. The fourth-order valence-corrected chi connectivity index (χ4v) is 8.82. The third-order valence-electron chi connectivity index (χ3n) is 12.5. The Kier molecular flexibility index (Phi) is 17.2. The molecule has 0 aliphatic carbocycles. The lowest BCUT2D eigenvalue weighted by atomic mass is 10.1. The first-order valence-corrected chi connectivity index (χ1v) is 24.6. The Hall–Kier alpha value is -9.93. The average molecular weight is 1040 g/mol. The molecular formula is C54H56FN17O5. The highest BCUT2D eigenvalue weighted by Crippen LogP contribution is 2.35. The number of piperazine rings is 2. The number of carbonyl (C=O) groups is 4. The van der Waals surface area contributed by atoms with Gasteiger partial charge in [0.2, 0.25) is 0 Å². The Bertz CT molecular complexity index is 3470. The van der Waals surface area contributed by atoms with Gasteiger partial charge in [-0.05, 0) is 19.1 Å². The fraction of sp³-hybridized carbons (Fsp3) is 0.222. The molecule has 8 heterocycles. The summed E-state index contributed by atoms with van der Waals surface area (Å²) < 4.78 is 20.1. The first-order valence-electron chi connectivity index (χ1n) is 24.6. The van der Waals surface area contributed by atoms with Crippen molar-refractivity contribution in [1.29, 1.82) is 0 Å². The lowest BCUT2D eigenvalue weighted by Crippen LogP contribution is -2.50. The van der Waals surface area contributed by atoms with E-state index >= 15 is 0 Å². The third kappa shape index (κ3) is 11.7. The number of aliphatic imine (C=N–C) groups is 2. The molecule has 2 fully saturated rings. The SMILES string of the molecule is CC.COc1cnc(N=CN=C(C)N)c2[nH]cc(C(=O)C(=O)N3CCN(c4ccnnc4-c4ccccc4)CC3)c12.N/C=C\Nc1ncc(F)c2c(C(=O)C(=O)N3CCN(c4ccnnc4-c4ccccc4)CC3)c[nH]c12. The number of hydrogen-bond acceptors (Lipinski definition) is 16. The highest BCUT2D eigenvalue weighted by molar-refractivity contribution is 6.45. The number of amidine groups is 1. The molecule has 2 aliphatic heterocycles. The summed E-state index contributed by atoms with van der Waals surface area (Å²) in [6.45, 7) is 9.19. The summed E-state index contributed by atoms with van der Waals surface area (Å²) in [7, 11) is 1.47. The summed E-state index contributed by atoms with van der Waals surface area (Å²) in [5, 5.41) is 20.0. The highest BCUT2D eigenvalue weighted by atomic mass is 19.1. The molecule has 0 unspecified atom stereocenters. The molecule has 6 aromatic heterocycles. The topological polar surface area (TPSA) is 288 Å². The van der Waals surface area contributed by atoms with E-state index in [-0.39, 0.29) is 33.7 Å². The van der Waals surface area contributed by atoms with Crippen molar-refractivity contribution in [3.05, 3.63) is 139 Å². The number of rotatable bonds is 13. The smallest absolute Gasteiger partial charge is 0.295 e. The Balaban J connectivity index is 0.000000198. The van der Waals surface area contributed by atoms with Crippen molar-refractivity contribution in [2.45, 2.75) is 20.8 Å². The van der Waals surface area contributed by atoms with Gasteiger partial charge in [0.15, 0.2) is 17.5 Å². The van der Waals surface area contributed by atoms with Crippen LogP contribution in [0.1, 0.15) is 41.5 Å². The van der Waals surface area contributed by atoms with Gasteiger partial charge in [-0.1, -0.05) is 74.5 Å². The number of H-pyrrole nitrogens is 2. The first kappa shape index (κ1) is 53.4. The Labute approximate surface area is 441 Å². The van der Waals surface area contributed by atoms with E-state index in [0.717, 1.165) is 40.1 Å². The number of ketones is 2. The van der Waals surface area contributed by atoms with Gasteiger partial charge >= 0.3 is 0 Å². The summed E-state index contributed by atoms with van der Waals surface area (Å²) >= 11 is 0. The zero-order valence-electron chi connectivity index (χ0n) is 42.7. The summed E-state index contributed by atoms with van der Waals surface area (Å²) in [5.74, 6) is -2.12. The van der Waals surface area contributed by atoms with Crippen LogP contribution in [0, 0.1) is 5.82 Å². The maximum Gasteiger partial charge on any atom is 0.295 e. The van der Waals surface area contributed by atoms with Gasteiger partial charge in [0, 0.05) is 88.3 Å². The van der Waals surface area contributed by atoms with Crippen LogP contribution in [0.5, 0.6) is 5.75 Å². The minimum Gasteiger partial charge on any atom is -0.494 e. The van der Waals surface area contributed by atoms with Crippen LogP contribution in [0.4, 0.5) is 27.4 Å². The molecule has 2 saturated heterocycles. The van der Waals surface area contributed by atoms with Crippen LogP contribution < -0.4 is 31.3 Å². The molecule has 22 nitrogen and oxygen atoms in total. The second kappa shape index (κ2) is 24.9. The number of methoxy groups -OCH3 is 1. The predicted octanol–water partition coefficient (Wildman–Crippen LogP) is 6.16. The molecule has 2 aromatic carbocycles. The third-order valence-corrected chi connectivity index (χ3v) is 12.5. The number of hydrogen-bond donors (Lipinski definition) is 5. The van der Waals surface area contributed by atoms with Gasteiger partial charge in [-0.3, -0.25) is 19.2 Å². The highest BCUT2D eigenvalue weighted by Gasteiger charge is 2.33. The van der Waals surface area contributed by atoms with Gasteiger partial charge in [0.1, 0.15) is 23.5 Å². The Morgan fingerprint density at radius 3 is 1.70 bits per heavy atom. The quantitative estimate of drug-likeness (QED) is 0.0374. The molecule has 23 heteroatoms. The zero-order chi connectivity index (χ0) is 54.4. The minimum absolute atomic E-state index is 0.00488. The molecule has 7 N–H and O–H groups in total. The number of aromatic amines is 2. The maximum absolute atomic E-state index is 14.6. The van der Waals surface area contributed by atoms with E-state index in [1.807, 2.05) is 86.6 Å². The van der Waals surface area contributed by atoms with Crippen molar-refractivity contribution in [1.82, 2.24) is 50.1 Å². The number of aromatic nitrogens is 8. The number of nitrogens with two attached hydrogens (primary N) is 2. The summed E-state index contributed by atoms with van der Waals surface area (Å²) in [4.78, 5) is 82.4. The Morgan fingerprint density at radius 2 is 1.21 bits per heavy atom. The van der Waals surface area contributed by atoms with Crippen LogP contribution in [-0.2, 0) is 9.59 Å². The number of Topliss-reactive ketones (excluding diaryl/α,β-unsaturated/α-hetero) is 2. The number of amides is 2. The number of nitrogens with zero attached hydrogens (tertiary/aromatic N) is 12. The van der Waals surface area contributed by atoms with Crippen LogP contribution in [-0.4, -0.2) is 145 Å². The van der Waals surface area contributed by atoms with Crippen molar-refractivity contribution in [2.24, 2.45) is 21.5 Å². The average Bonchev–Trinajstić information content (AvgIpc) is 4.15. The number of nitrogens with one attached hydrogen (secondary N) is 3. The summed E-state index contributed by atoms with van der Waals surface area (Å²) in [6, 6.07) is 23.4. The zero-order valence-corrected chi connectivity index (χ0v) is 42.7. The standard InChI is InChI=1S/C27H27N9O3.C25H23FN8O2.C2H6/c1-17(28)31-16-32-26-24-22(21(39-2)15-30-26)19(14-29-24)25(37)27(38)36-12-10-35(11-13-36)20-8-9-33-34-23(20)18-6-4-3-5-7-18;26-18-15-30-24(28-9-7-27)22-20(18)17(14-29-22)23(35)25(36)34-12-10-33(11-13-34)19-6-8-31-32-21(19)16-4-2-1-3-5-16;1-2/h3-9,14-16,29H,10-13H2,1-2H3,(H2,28,30,31,32);1-9,14-15,29H,10-13,27H2,(H,28,30);1-2H3/b;9-7-;. The fourth-order valence-electron chi connectivity index (χ4n) is 8.82. The Morgan fingerprint density at radius 1 is 0.701 bits per heavy atom. The monoisotopic (exact) mass is 1040 g/mol. The second-order valence-corrected chi connectivity index (χ2v) is 17.0. The van der Waals surface area contributed by atoms with E-state index in [0.29, 0.717) is 74.8 Å². The van der Waals surface area contributed by atoms with E-state index < -0.39 is 29.2 Å². The molecule has 10 rings (SSSR count). The number of ether oxygens (including phenoxy) is 1. The van der Waals surface area contributed by atoms with E-state index in [9.17, 15) is 23.6 Å². The van der Waals surface area contributed by atoms with Crippen LogP contribution in [0.3, 0.4) is 0 Å². The molecule has 394 valence electrons. The number of anilines is 3. The molecule has 0 spiro atoms. The number of carbonyl (C=O) groups excluding carboxylic acids is 4. The lowest BCUT2D eigenvalue weighted by Gasteiger charge is -2.36. The molecule has 2 aliphatic rings. The molecule has 77 heavy (non-hydrogen) atoms. The predicted molar refractivity (Wildman–Crippen MR) is 294 cm³/mol. The van der Waals surface area contributed by atoms with Crippen molar-refractivity contribution in [2.75, 3.05) is 74.6 Å². The second-order valence-electron chi connectivity index (χ2n) is 17.0. The number of pyridine rings is 2. The summed E-state index contributed by atoms with van der Waals surface area (Å²) in [6.07, 6.45) is 12.5. The largest absolute Gasteiger partial charge is 0.494 e. The molecule has 0 bridgehead atoms. The van der Waals surface area contributed by atoms with E-state index in [1.165, 1.54) is 49.3 Å². The maximum atomic E-state index is 14.6. The molecule has 0 radical (unpaired) electrons. The van der Waals surface area contributed by atoms with Gasteiger partial charge in [-0.2, -0.15) is 10.2 Å². The van der Waals surface area contributed by atoms with E-state index in [4.69, 9.17) is 16.2 Å². The molecular weight excluding hydrogens is 986 g/mol. The van der Waals surface area contributed by atoms with Crippen LogP contribution >= 0.6 is 0 Å². The number of halogens is 1. The van der Waals surface area contributed by atoms with Crippen molar-refractivity contribution in [3.8, 4) is 28.3 Å². The molecule has 2 amide bonds. The van der Waals surface area contributed by atoms with Crippen LogP contribution in [0.15, 0.2) is 132 Å². The van der Waals surface area contributed by atoms with Gasteiger partial charge < -0.3 is 51.1 Å². The van der Waals surface area contributed by atoms with Crippen LogP contribution in [0.25, 0.3) is 44.3 Å². The van der Waals surface area contributed by atoms with Gasteiger partial charge in [-0.15, -0.1) is 10.2 Å². The van der Waals surface area contributed by atoms with Crippen molar-refractivity contribution < 1.29 is 28.3 Å². The molecule has 0 saturated carbocycles.